The van der Waals surface area contributed by atoms with Crippen LogP contribution in [-0.4, -0.2) is 37.3 Å². The summed E-state index contributed by atoms with van der Waals surface area (Å²) in [5, 5.41) is 4.23. The summed E-state index contributed by atoms with van der Waals surface area (Å²) in [6.45, 7) is 3.93. The number of nitrogens with one attached hydrogen (secondary N) is 1. The maximum atomic E-state index is 5.66. The Hall–Kier alpha value is -2.27. The van der Waals surface area contributed by atoms with Gasteiger partial charge in [-0.1, -0.05) is 30.3 Å². The fourth-order valence-corrected chi connectivity index (χ4v) is 3.83. The third kappa shape index (κ3) is 3.93. The first-order valence-electron chi connectivity index (χ1n) is 8.97. The predicted octanol–water partition coefficient (Wildman–Crippen LogP) is 3.74. The molecule has 1 N–H and O–H groups in total. The quantitative estimate of drug-likeness (QED) is 0.811. The van der Waals surface area contributed by atoms with E-state index in [9.17, 15) is 0 Å². The van der Waals surface area contributed by atoms with Crippen LogP contribution in [0.5, 0.6) is 11.5 Å². The molecular formula is C21H26N2O2S. The van der Waals surface area contributed by atoms with Crippen molar-refractivity contribution in [1.82, 2.24) is 10.2 Å². The minimum atomic E-state index is 0.204. The van der Waals surface area contributed by atoms with E-state index in [2.05, 4.69) is 53.5 Å². The van der Waals surface area contributed by atoms with Gasteiger partial charge in [0.25, 0.3) is 0 Å². The third-order valence-corrected chi connectivity index (χ3v) is 5.36. The van der Waals surface area contributed by atoms with Crippen LogP contribution < -0.4 is 14.8 Å². The van der Waals surface area contributed by atoms with Gasteiger partial charge in [-0.2, -0.15) is 0 Å². The number of thiocarbonyl (C=S) groups is 1. The van der Waals surface area contributed by atoms with E-state index in [0.29, 0.717) is 0 Å². The maximum absolute atomic E-state index is 5.66. The predicted molar refractivity (Wildman–Crippen MR) is 109 cm³/mol. The Bertz CT molecular complexity index is 764. The Morgan fingerprint density at radius 1 is 1.15 bits per heavy atom. The number of methoxy groups -OCH3 is 2. The smallest absolute Gasteiger partial charge is 0.169 e. The summed E-state index contributed by atoms with van der Waals surface area (Å²) in [6, 6.07) is 14.8. The normalized spacial score (nSPS) is 16.0. The van der Waals surface area contributed by atoms with Crippen molar-refractivity contribution in [1.29, 1.82) is 0 Å². The van der Waals surface area contributed by atoms with Crippen LogP contribution in [-0.2, 0) is 12.8 Å². The van der Waals surface area contributed by atoms with Crippen LogP contribution in [0.25, 0.3) is 0 Å². The van der Waals surface area contributed by atoms with E-state index in [1.807, 2.05) is 6.07 Å². The first-order valence-corrected chi connectivity index (χ1v) is 9.38. The minimum absolute atomic E-state index is 0.204. The van der Waals surface area contributed by atoms with Crippen LogP contribution >= 0.6 is 12.2 Å². The lowest BCUT2D eigenvalue weighted by Gasteiger charge is -2.37. The molecular weight excluding hydrogens is 344 g/mol. The van der Waals surface area contributed by atoms with E-state index in [4.69, 9.17) is 21.7 Å². The Balaban J connectivity index is 1.66. The van der Waals surface area contributed by atoms with Gasteiger partial charge < -0.3 is 19.7 Å². The van der Waals surface area contributed by atoms with Gasteiger partial charge in [0, 0.05) is 13.1 Å². The molecule has 138 valence electrons. The Labute approximate surface area is 161 Å². The molecule has 0 saturated carbocycles. The summed E-state index contributed by atoms with van der Waals surface area (Å²) in [5.41, 5.74) is 3.87. The summed E-state index contributed by atoms with van der Waals surface area (Å²) < 4.78 is 10.9. The van der Waals surface area contributed by atoms with Gasteiger partial charge in [-0.05, 0) is 60.8 Å². The number of ether oxygens (including phenoxy) is 2. The third-order valence-electron chi connectivity index (χ3n) is 4.98. The van der Waals surface area contributed by atoms with Crippen LogP contribution in [0, 0.1) is 0 Å². The first kappa shape index (κ1) is 18.5. The SMILES string of the molecule is COc1cc2c(cc1OC)[C@H](C)N(C(=S)NCCc1ccccc1)CC2. The molecule has 1 aliphatic heterocycles. The van der Waals surface area contributed by atoms with Gasteiger partial charge in [-0.3, -0.25) is 0 Å². The van der Waals surface area contributed by atoms with Gasteiger partial charge in [0.1, 0.15) is 0 Å². The van der Waals surface area contributed by atoms with E-state index in [1.165, 1.54) is 16.7 Å². The number of fused-ring (bicyclic) bond motifs is 1. The zero-order chi connectivity index (χ0) is 18.5. The Kier molecular flexibility index (Phi) is 5.99. The highest BCUT2D eigenvalue weighted by atomic mass is 32.1. The molecule has 0 radical (unpaired) electrons. The van der Waals surface area contributed by atoms with Crippen molar-refractivity contribution in [3.8, 4) is 11.5 Å². The van der Waals surface area contributed by atoms with Gasteiger partial charge in [0.15, 0.2) is 16.6 Å². The summed E-state index contributed by atoms with van der Waals surface area (Å²) >= 11 is 5.66. The molecule has 2 aromatic rings. The van der Waals surface area contributed by atoms with E-state index in [0.717, 1.165) is 42.5 Å². The van der Waals surface area contributed by atoms with Crippen molar-refractivity contribution < 1.29 is 9.47 Å². The highest BCUT2D eigenvalue weighted by molar-refractivity contribution is 7.80. The highest BCUT2D eigenvalue weighted by Gasteiger charge is 2.27. The molecule has 1 atom stereocenters. The van der Waals surface area contributed by atoms with Gasteiger partial charge in [-0.25, -0.2) is 0 Å². The first-order chi connectivity index (χ1) is 12.6. The minimum Gasteiger partial charge on any atom is -0.493 e. The van der Waals surface area contributed by atoms with Crippen LogP contribution in [0.3, 0.4) is 0 Å². The molecule has 0 aromatic heterocycles. The number of benzene rings is 2. The molecule has 1 heterocycles. The van der Waals surface area contributed by atoms with Crippen molar-refractivity contribution in [2.45, 2.75) is 25.8 Å². The lowest BCUT2D eigenvalue weighted by molar-refractivity contribution is 0.308. The van der Waals surface area contributed by atoms with Crippen molar-refractivity contribution >= 4 is 17.3 Å². The average Bonchev–Trinajstić information content (AvgIpc) is 2.68. The summed E-state index contributed by atoms with van der Waals surface area (Å²) in [5.74, 6) is 1.55. The van der Waals surface area contributed by atoms with E-state index >= 15 is 0 Å². The largest absolute Gasteiger partial charge is 0.493 e. The van der Waals surface area contributed by atoms with Crippen molar-refractivity contribution in [2.75, 3.05) is 27.3 Å². The fourth-order valence-electron chi connectivity index (χ4n) is 3.48. The molecule has 0 unspecified atom stereocenters. The van der Waals surface area contributed by atoms with E-state index in [1.54, 1.807) is 14.2 Å². The van der Waals surface area contributed by atoms with Gasteiger partial charge >= 0.3 is 0 Å². The van der Waals surface area contributed by atoms with Crippen LogP contribution in [0.1, 0.15) is 29.7 Å². The van der Waals surface area contributed by atoms with Crippen LogP contribution in [0.2, 0.25) is 0 Å². The van der Waals surface area contributed by atoms with Crippen LogP contribution in [0.15, 0.2) is 42.5 Å². The van der Waals surface area contributed by atoms with Crippen molar-refractivity contribution in [3.05, 3.63) is 59.2 Å². The van der Waals surface area contributed by atoms with Crippen molar-refractivity contribution in [3.63, 3.8) is 0 Å². The lowest BCUT2D eigenvalue weighted by atomic mass is 9.93. The average molecular weight is 371 g/mol. The second kappa shape index (κ2) is 8.41. The number of hydrogen-bond acceptors (Lipinski definition) is 3. The zero-order valence-corrected chi connectivity index (χ0v) is 16.4. The fraction of sp³-hybridized carbons (Fsp3) is 0.381. The molecule has 0 saturated heterocycles. The molecule has 4 nitrogen and oxygen atoms in total. The van der Waals surface area contributed by atoms with E-state index < -0.39 is 0 Å². The lowest BCUT2D eigenvalue weighted by Crippen LogP contribution is -2.45. The van der Waals surface area contributed by atoms with Crippen LogP contribution in [0.4, 0.5) is 0 Å². The van der Waals surface area contributed by atoms with Gasteiger partial charge in [0.2, 0.25) is 0 Å². The summed E-state index contributed by atoms with van der Waals surface area (Å²) in [7, 11) is 3.35. The molecule has 0 amide bonds. The molecule has 0 aliphatic carbocycles. The molecule has 0 spiro atoms. The van der Waals surface area contributed by atoms with E-state index in [-0.39, 0.29) is 6.04 Å². The standard InChI is InChI=1S/C21H26N2O2S/c1-15-18-14-20(25-3)19(24-2)13-17(18)10-12-23(15)21(26)22-11-9-16-7-5-4-6-8-16/h4-8,13-15H,9-12H2,1-3H3,(H,22,26)/t15-/m0/s1. The Morgan fingerprint density at radius 3 is 2.54 bits per heavy atom. The second-order valence-corrected chi connectivity index (χ2v) is 6.88. The summed E-state index contributed by atoms with van der Waals surface area (Å²) in [4.78, 5) is 2.26. The molecule has 26 heavy (non-hydrogen) atoms. The topological polar surface area (TPSA) is 33.7 Å². The van der Waals surface area contributed by atoms with Gasteiger partial charge in [-0.15, -0.1) is 0 Å². The molecule has 0 bridgehead atoms. The molecule has 3 rings (SSSR count). The monoisotopic (exact) mass is 370 g/mol. The second-order valence-electron chi connectivity index (χ2n) is 6.49. The highest BCUT2D eigenvalue weighted by Crippen LogP contribution is 2.37. The molecule has 2 aromatic carbocycles. The maximum Gasteiger partial charge on any atom is 0.169 e. The number of rotatable bonds is 5. The number of hydrogen-bond donors (Lipinski definition) is 1. The van der Waals surface area contributed by atoms with Gasteiger partial charge in [0.05, 0.1) is 20.3 Å². The molecule has 0 fully saturated rings. The number of nitrogens with zero attached hydrogens (tertiary/aromatic N) is 1. The molecule has 1 aliphatic rings. The summed E-state index contributed by atoms with van der Waals surface area (Å²) in [6.07, 6.45) is 1.91. The van der Waals surface area contributed by atoms with Crippen molar-refractivity contribution in [2.24, 2.45) is 0 Å². The zero-order valence-electron chi connectivity index (χ0n) is 15.6. The Morgan fingerprint density at radius 2 is 1.85 bits per heavy atom. The molecule has 5 heteroatoms.